The zero-order valence-electron chi connectivity index (χ0n) is 16.4. The molecule has 2 aromatic heterocycles. The minimum Gasteiger partial charge on any atom is -0.342 e. The van der Waals surface area contributed by atoms with E-state index in [1.807, 2.05) is 45.6 Å². The summed E-state index contributed by atoms with van der Waals surface area (Å²) < 4.78 is 1.75. The van der Waals surface area contributed by atoms with Crippen LogP contribution in [0, 0.1) is 33.6 Å². The number of carbonyl (C=O) groups excluding carboxylic acids is 1. The van der Waals surface area contributed by atoms with Gasteiger partial charge in [-0.25, -0.2) is 14.6 Å². The molecule has 0 aliphatic rings. The second-order valence-corrected chi connectivity index (χ2v) is 7.01. The van der Waals surface area contributed by atoms with Crippen molar-refractivity contribution in [2.75, 3.05) is 13.1 Å². The molecule has 0 radical (unpaired) electrons. The Morgan fingerprint density at radius 2 is 1.76 bits per heavy atom. The fourth-order valence-electron chi connectivity index (χ4n) is 3.04. The summed E-state index contributed by atoms with van der Waals surface area (Å²) in [6.45, 7) is 15.6. The summed E-state index contributed by atoms with van der Waals surface area (Å²) in [7, 11) is 0. The number of hydrogen-bond donors (Lipinski definition) is 0. The Balaban J connectivity index is 2.32. The fraction of sp³-hybridized carbons (Fsp3) is 0.579. The third-order valence-electron chi connectivity index (χ3n) is 4.25. The number of amides is 1. The van der Waals surface area contributed by atoms with Crippen LogP contribution in [0.1, 0.15) is 49.1 Å². The fourth-order valence-corrected chi connectivity index (χ4v) is 3.04. The van der Waals surface area contributed by atoms with Crippen LogP contribution in [-0.4, -0.2) is 43.6 Å². The van der Waals surface area contributed by atoms with Crippen molar-refractivity contribution in [3.8, 4) is 5.95 Å². The number of nitrogens with zero attached hydrogens (tertiary/aromatic N) is 5. The maximum atomic E-state index is 12.7. The van der Waals surface area contributed by atoms with E-state index in [2.05, 4.69) is 28.9 Å². The summed E-state index contributed by atoms with van der Waals surface area (Å²) >= 11 is 0. The number of carbonyl (C=O) groups is 1. The quantitative estimate of drug-likeness (QED) is 0.809. The van der Waals surface area contributed by atoms with Crippen LogP contribution in [0.15, 0.2) is 6.07 Å². The van der Waals surface area contributed by atoms with Crippen LogP contribution in [0.4, 0.5) is 0 Å². The van der Waals surface area contributed by atoms with Crippen molar-refractivity contribution < 1.29 is 4.79 Å². The Morgan fingerprint density at radius 3 is 2.28 bits per heavy atom. The summed E-state index contributed by atoms with van der Waals surface area (Å²) in [5.41, 5.74) is 4.56. The normalized spacial score (nSPS) is 11.2. The summed E-state index contributed by atoms with van der Waals surface area (Å²) in [6, 6.07) is 1.94. The Bertz CT molecular complexity index is 743. The van der Waals surface area contributed by atoms with Gasteiger partial charge < -0.3 is 4.90 Å². The number of aryl methyl sites for hydroxylation is 3. The number of rotatable bonds is 6. The molecule has 0 atom stereocenters. The van der Waals surface area contributed by atoms with Gasteiger partial charge in [0.1, 0.15) is 0 Å². The van der Waals surface area contributed by atoms with Crippen LogP contribution >= 0.6 is 0 Å². The van der Waals surface area contributed by atoms with Crippen molar-refractivity contribution in [1.29, 1.82) is 0 Å². The van der Waals surface area contributed by atoms with Crippen molar-refractivity contribution in [3.05, 3.63) is 34.4 Å². The lowest BCUT2D eigenvalue weighted by atomic mass is 10.1. The summed E-state index contributed by atoms with van der Waals surface area (Å²) in [5.74, 6) is 1.16. The van der Waals surface area contributed by atoms with Crippen molar-refractivity contribution >= 4 is 5.91 Å². The van der Waals surface area contributed by atoms with Gasteiger partial charge in [-0.3, -0.25) is 4.79 Å². The molecule has 0 bridgehead atoms. The Kier molecular flexibility index (Phi) is 5.93. The number of likely N-dealkylation sites (N-methyl/N-ethyl adjacent to an activating group) is 1. The van der Waals surface area contributed by atoms with Crippen molar-refractivity contribution in [2.45, 2.75) is 54.9 Å². The largest absolute Gasteiger partial charge is 0.342 e. The third kappa shape index (κ3) is 4.44. The van der Waals surface area contributed by atoms with E-state index in [0.717, 1.165) is 41.4 Å². The van der Waals surface area contributed by atoms with E-state index in [1.54, 1.807) is 4.68 Å². The molecule has 136 valence electrons. The Labute approximate surface area is 150 Å². The molecule has 0 saturated heterocycles. The smallest absolute Gasteiger partial charge is 0.251 e. The number of aromatic nitrogens is 4. The van der Waals surface area contributed by atoms with Crippen LogP contribution < -0.4 is 0 Å². The highest BCUT2D eigenvalue weighted by molar-refractivity contribution is 5.79. The molecule has 25 heavy (non-hydrogen) atoms. The SMILES string of the molecule is CCN(CC(C)C)C(=O)Cc1c(C)nn(-c2nc(C)cc(C)n2)c1C. The van der Waals surface area contributed by atoms with Gasteiger partial charge >= 0.3 is 0 Å². The molecular weight excluding hydrogens is 314 g/mol. The predicted octanol–water partition coefficient (Wildman–Crippen LogP) is 2.94. The highest BCUT2D eigenvalue weighted by Gasteiger charge is 2.20. The monoisotopic (exact) mass is 343 g/mol. The second kappa shape index (κ2) is 7.76. The molecule has 2 rings (SSSR count). The average Bonchev–Trinajstić information content (AvgIpc) is 2.79. The van der Waals surface area contributed by atoms with Gasteiger partial charge in [0.05, 0.1) is 12.1 Å². The van der Waals surface area contributed by atoms with Crippen LogP contribution in [0.5, 0.6) is 0 Å². The lowest BCUT2D eigenvalue weighted by Gasteiger charge is -2.23. The van der Waals surface area contributed by atoms with E-state index in [9.17, 15) is 4.79 Å². The molecular formula is C19H29N5O. The molecule has 2 heterocycles. The van der Waals surface area contributed by atoms with E-state index in [-0.39, 0.29) is 5.91 Å². The van der Waals surface area contributed by atoms with Crippen molar-refractivity contribution in [2.24, 2.45) is 5.92 Å². The molecule has 2 aromatic rings. The first-order valence-corrected chi connectivity index (χ1v) is 8.88. The minimum atomic E-state index is 0.142. The molecule has 0 unspecified atom stereocenters. The first kappa shape index (κ1) is 19.1. The molecule has 0 N–H and O–H groups in total. The minimum absolute atomic E-state index is 0.142. The first-order valence-electron chi connectivity index (χ1n) is 8.88. The van der Waals surface area contributed by atoms with Gasteiger partial charge in [0, 0.05) is 35.7 Å². The molecule has 0 aliphatic heterocycles. The molecule has 0 spiro atoms. The van der Waals surface area contributed by atoms with Crippen LogP contribution in [-0.2, 0) is 11.2 Å². The van der Waals surface area contributed by atoms with E-state index in [4.69, 9.17) is 0 Å². The predicted molar refractivity (Wildman–Crippen MR) is 98.9 cm³/mol. The maximum Gasteiger partial charge on any atom is 0.251 e. The molecule has 0 aliphatic carbocycles. The summed E-state index contributed by atoms with van der Waals surface area (Å²) in [4.78, 5) is 23.6. The molecule has 0 aromatic carbocycles. The zero-order valence-corrected chi connectivity index (χ0v) is 16.4. The topological polar surface area (TPSA) is 63.9 Å². The summed E-state index contributed by atoms with van der Waals surface area (Å²) in [6.07, 6.45) is 0.364. The van der Waals surface area contributed by atoms with Crippen LogP contribution in [0.3, 0.4) is 0 Å². The Hall–Kier alpha value is -2.24. The van der Waals surface area contributed by atoms with Gasteiger partial charge in [-0.05, 0) is 46.6 Å². The van der Waals surface area contributed by atoms with Crippen molar-refractivity contribution in [3.63, 3.8) is 0 Å². The van der Waals surface area contributed by atoms with E-state index < -0.39 is 0 Å². The Morgan fingerprint density at radius 1 is 1.16 bits per heavy atom. The van der Waals surface area contributed by atoms with E-state index in [0.29, 0.717) is 18.3 Å². The van der Waals surface area contributed by atoms with Gasteiger partial charge in [0.25, 0.3) is 5.95 Å². The summed E-state index contributed by atoms with van der Waals surface area (Å²) in [5, 5.41) is 4.58. The lowest BCUT2D eigenvalue weighted by Crippen LogP contribution is -2.35. The third-order valence-corrected chi connectivity index (χ3v) is 4.25. The second-order valence-electron chi connectivity index (χ2n) is 7.01. The first-order chi connectivity index (χ1) is 11.7. The molecule has 0 fully saturated rings. The highest BCUT2D eigenvalue weighted by atomic mass is 16.2. The standard InChI is InChI=1S/C19H29N5O/c1-8-23(11-12(2)3)18(25)10-17-15(6)22-24(16(17)7)19-20-13(4)9-14(5)21-19/h9,12H,8,10-11H2,1-7H3. The molecule has 0 saturated carbocycles. The molecule has 1 amide bonds. The molecule has 6 heteroatoms. The average molecular weight is 343 g/mol. The van der Waals surface area contributed by atoms with Crippen LogP contribution in [0.2, 0.25) is 0 Å². The van der Waals surface area contributed by atoms with Gasteiger partial charge in [0.2, 0.25) is 5.91 Å². The van der Waals surface area contributed by atoms with E-state index in [1.165, 1.54) is 0 Å². The van der Waals surface area contributed by atoms with Gasteiger partial charge in [-0.15, -0.1) is 0 Å². The van der Waals surface area contributed by atoms with Gasteiger partial charge in [0.15, 0.2) is 0 Å². The maximum absolute atomic E-state index is 12.7. The van der Waals surface area contributed by atoms with Gasteiger partial charge in [-0.1, -0.05) is 13.8 Å². The number of hydrogen-bond acceptors (Lipinski definition) is 4. The lowest BCUT2D eigenvalue weighted by molar-refractivity contribution is -0.130. The van der Waals surface area contributed by atoms with Crippen molar-refractivity contribution in [1.82, 2.24) is 24.6 Å². The van der Waals surface area contributed by atoms with Crippen LogP contribution in [0.25, 0.3) is 5.95 Å². The van der Waals surface area contributed by atoms with Gasteiger partial charge in [-0.2, -0.15) is 5.10 Å². The van der Waals surface area contributed by atoms with E-state index >= 15 is 0 Å². The zero-order chi connectivity index (χ0) is 18.7. The molecule has 6 nitrogen and oxygen atoms in total. The highest BCUT2D eigenvalue weighted by Crippen LogP contribution is 2.18.